The maximum absolute atomic E-state index is 12.5. The normalized spacial score (nSPS) is 15.3. The van der Waals surface area contributed by atoms with Gasteiger partial charge >= 0.3 is 12.1 Å². The molecular weight excluding hydrogens is 498 g/mol. The fourth-order valence-electron chi connectivity index (χ4n) is 3.97. The molecule has 8 nitrogen and oxygen atoms in total. The number of hydrogen-bond acceptors (Lipinski definition) is 6. The van der Waals surface area contributed by atoms with Crippen LogP contribution in [0.5, 0.6) is 5.75 Å². The van der Waals surface area contributed by atoms with Gasteiger partial charge in [-0.25, -0.2) is 4.79 Å². The standard InChI is InChI=1S/C31H43NO7/c1-30(2,3)38-25-15-12-22(13-16-25)18-23(32-29(37)39-31(4,5)6)20-24(33)14-17-27(34)26(28(35)36)19-21-10-8-7-9-11-21/h7-17,23-24,26-27,33-34H,18-20H2,1-6H3,(H,32,37)(H,35,36)/b17-14+. The zero-order valence-corrected chi connectivity index (χ0v) is 23.8. The summed E-state index contributed by atoms with van der Waals surface area (Å²) in [6, 6.07) is 16.1. The van der Waals surface area contributed by atoms with Gasteiger partial charge < -0.3 is 30.1 Å². The van der Waals surface area contributed by atoms with Crippen LogP contribution in [0, 0.1) is 5.92 Å². The van der Waals surface area contributed by atoms with Gasteiger partial charge in [0.25, 0.3) is 0 Å². The molecule has 0 bridgehead atoms. The number of carbonyl (C=O) groups excluding carboxylic acids is 1. The number of carboxylic acids is 1. The quantitative estimate of drug-likeness (QED) is 0.281. The van der Waals surface area contributed by atoms with Crippen LogP contribution >= 0.6 is 0 Å². The van der Waals surface area contributed by atoms with E-state index in [0.717, 1.165) is 16.9 Å². The monoisotopic (exact) mass is 541 g/mol. The molecule has 0 aliphatic rings. The minimum atomic E-state index is -1.30. The van der Waals surface area contributed by atoms with Crippen molar-refractivity contribution >= 4 is 12.1 Å². The van der Waals surface area contributed by atoms with Crippen LogP contribution in [0.4, 0.5) is 4.79 Å². The smallest absolute Gasteiger partial charge is 0.407 e. The lowest BCUT2D eigenvalue weighted by molar-refractivity contribution is -0.144. The van der Waals surface area contributed by atoms with Crippen molar-refractivity contribution in [3.05, 3.63) is 77.9 Å². The summed E-state index contributed by atoms with van der Waals surface area (Å²) < 4.78 is 11.3. The second-order valence-corrected chi connectivity index (χ2v) is 11.7. The van der Waals surface area contributed by atoms with Gasteiger partial charge in [0.05, 0.1) is 18.1 Å². The largest absolute Gasteiger partial charge is 0.488 e. The number of carboxylic acid groups (broad SMARTS) is 1. The molecule has 0 aliphatic heterocycles. The van der Waals surface area contributed by atoms with Gasteiger partial charge in [-0.15, -0.1) is 0 Å². The van der Waals surface area contributed by atoms with Crippen LogP contribution in [0.15, 0.2) is 66.7 Å². The van der Waals surface area contributed by atoms with Crippen molar-refractivity contribution in [3.63, 3.8) is 0 Å². The molecule has 2 rings (SSSR count). The second kappa shape index (κ2) is 14.1. The summed E-state index contributed by atoms with van der Waals surface area (Å²) in [6.07, 6.45) is 0.401. The van der Waals surface area contributed by atoms with Crippen molar-refractivity contribution in [2.24, 2.45) is 5.92 Å². The lowest BCUT2D eigenvalue weighted by Gasteiger charge is -2.25. The van der Waals surface area contributed by atoms with Gasteiger partial charge in [-0.3, -0.25) is 4.79 Å². The lowest BCUT2D eigenvalue weighted by Crippen LogP contribution is -2.41. The van der Waals surface area contributed by atoms with Crippen LogP contribution in [-0.4, -0.2) is 56.8 Å². The summed E-state index contributed by atoms with van der Waals surface area (Å²) in [5.74, 6) is -1.47. The Balaban J connectivity index is 2.10. The molecule has 4 unspecified atom stereocenters. The first kappa shape index (κ1) is 31.9. The van der Waals surface area contributed by atoms with E-state index >= 15 is 0 Å². The summed E-state index contributed by atoms with van der Waals surface area (Å²) in [5.41, 5.74) is 0.693. The second-order valence-electron chi connectivity index (χ2n) is 11.7. The van der Waals surface area contributed by atoms with Crippen LogP contribution in [0.2, 0.25) is 0 Å². The molecular formula is C31H43NO7. The maximum atomic E-state index is 12.5. The predicted molar refractivity (Wildman–Crippen MR) is 151 cm³/mol. The van der Waals surface area contributed by atoms with E-state index in [-0.39, 0.29) is 18.4 Å². The van der Waals surface area contributed by atoms with Crippen molar-refractivity contribution in [2.75, 3.05) is 0 Å². The summed E-state index contributed by atoms with van der Waals surface area (Å²) in [5, 5.41) is 33.7. The van der Waals surface area contributed by atoms with Crippen LogP contribution in [-0.2, 0) is 22.4 Å². The first-order chi connectivity index (χ1) is 18.1. The predicted octanol–water partition coefficient (Wildman–Crippen LogP) is 4.91. The summed E-state index contributed by atoms with van der Waals surface area (Å²) in [4.78, 5) is 24.3. The molecule has 0 heterocycles. The zero-order chi connectivity index (χ0) is 29.2. The van der Waals surface area contributed by atoms with Gasteiger partial charge in [-0.1, -0.05) is 54.6 Å². The molecule has 0 radical (unpaired) electrons. The third-order valence-electron chi connectivity index (χ3n) is 5.63. The molecule has 0 aliphatic carbocycles. The molecule has 2 aromatic rings. The van der Waals surface area contributed by atoms with Crippen molar-refractivity contribution < 1.29 is 34.4 Å². The number of rotatable bonds is 12. The third-order valence-corrected chi connectivity index (χ3v) is 5.63. The van der Waals surface area contributed by atoms with Gasteiger partial charge in [0.15, 0.2) is 0 Å². The molecule has 4 N–H and O–H groups in total. The highest BCUT2D eigenvalue weighted by molar-refractivity contribution is 5.71. The number of benzene rings is 2. The van der Waals surface area contributed by atoms with Crippen molar-refractivity contribution in [1.82, 2.24) is 5.32 Å². The minimum Gasteiger partial charge on any atom is -0.488 e. The van der Waals surface area contributed by atoms with E-state index in [1.807, 2.05) is 63.2 Å². The highest BCUT2D eigenvalue weighted by atomic mass is 16.6. The average Bonchev–Trinajstić information content (AvgIpc) is 2.80. The summed E-state index contributed by atoms with van der Waals surface area (Å²) in [6.45, 7) is 11.2. The molecule has 8 heteroatoms. The molecule has 0 fully saturated rings. The number of alkyl carbamates (subject to hydrolysis) is 1. The van der Waals surface area contributed by atoms with E-state index in [1.165, 1.54) is 12.2 Å². The highest BCUT2D eigenvalue weighted by Gasteiger charge is 2.26. The zero-order valence-electron chi connectivity index (χ0n) is 23.8. The molecule has 4 atom stereocenters. The number of ether oxygens (including phenoxy) is 2. The van der Waals surface area contributed by atoms with Crippen LogP contribution in [0.3, 0.4) is 0 Å². The van der Waals surface area contributed by atoms with Crippen molar-refractivity contribution in [3.8, 4) is 5.75 Å². The van der Waals surface area contributed by atoms with Crippen molar-refractivity contribution in [2.45, 2.75) is 90.3 Å². The van der Waals surface area contributed by atoms with Gasteiger partial charge in [0.2, 0.25) is 0 Å². The van der Waals surface area contributed by atoms with Crippen LogP contribution in [0.25, 0.3) is 0 Å². The number of carbonyl (C=O) groups is 2. The van der Waals surface area contributed by atoms with Crippen LogP contribution in [0.1, 0.15) is 59.1 Å². The molecule has 39 heavy (non-hydrogen) atoms. The minimum absolute atomic E-state index is 0.124. The fourth-order valence-corrected chi connectivity index (χ4v) is 3.97. The lowest BCUT2D eigenvalue weighted by atomic mass is 9.93. The van der Waals surface area contributed by atoms with E-state index in [1.54, 1.807) is 32.9 Å². The van der Waals surface area contributed by atoms with Gasteiger partial charge in [0, 0.05) is 6.04 Å². The maximum Gasteiger partial charge on any atom is 0.407 e. The van der Waals surface area contributed by atoms with E-state index in [9.17, 15) is 24.9 Å². The number of aliphatic carboxylic acids is 1. The molecule has 0 saturated carbocycles. The van der Waals surface area contributed by atoms with E-state index in [2.05, 4.69) is 5.32 Å². The SMILES string of the molecule is CC(C)(C)OC(=O)NC(Cc1ccc(OC(C)(C)C)cc1)CC(O)/C=C/C(O)C(Cc1ccccc1)C(=O)O. The highest BCUT2D eigenvalue weighted by Crippen LogP contribution is 2.20. The van der Waals surface area contributed by atoms with E-state index in [0.29, 0.717) is 6.42 Å². The Morgan fingerprint density at radius 1 is 0.846 bits per heavy atom. The summed E-state index contributed by atoms with van der Waals surface area (Å²) >= 11 is 0. The Hall–Kier alpha value is -3.36. The van der Waals surface area contributed by atoms with Gasteiger partial charge in [-0.2, -0.15) is 0 Å². The Morgan fingerprint density at radius 3 is 1.97 bits per heavy atom. The molecule has 0 saturated heterocycles. The first-order valence-electron chi connectivity index (χ1n) is 13.2. The number of nitrogens with one attached hydrogen (secondary N) is 1. The molecule has 0 aromatic heterocycles. The van der Waals surface area contributed by atoms with Gasteiger partial charge in [-0.05, 0) is 84.1 Å². The Kier molecular flexibility index (Phi) is 11.6. The first-order valence-corrected chi connectivity index (χ1v) is 13.2. The number of aliphatic hydroxyl groups is 2. The Bertz CT molecular complexity index is 1070. The number of hydrogen-bond donors (Lipinski definition) is 4. The third kappa shape index (κ3) is 12.8. The molecule has 2 aromatic carbocycles. The van der Waals surface area contributed by atoms with E-state index in [4.69, 9.17) is 9.47 Å². The average molecular weight is 542 g/mol. The number of amides is 1. The topological polar surface area (TPSA) is 125 Å². The van der Waals surface area contributed by atoms with Crippen LogP contribution < -0.4 is 10.1 Å². The molecule has 1 amide bonds. The van der Waals surface area contributed by atoms with E-state index < -0.39 is 41.8 Å². The molecule has 214 valence electrons. The van der Waals surface area contributed by atoms with Gasteiger partial charge in [0.1, 0.15) is 17.0 Å². The number of aliphatic hydroxyl groups excluding tert-OH is 2. The Labute approximate surface area is 231 Å². The summed E-state index contributed by atoms with van der Waals surface area (Å²) in [7, 11) is 0. The van der Waals surface area contributed by atoms with Crippen molar-refractivity contribution in [1.29, 1.82) is 0 Å². The fraction of sp³-hybridized carbons (Fsp3) is 0.484. The molecule has 0 spiro atoms. The Morgan fingerprint density at radius 2 is 1.44 bits per heavy atom.